The molecule has 1 amide bonds. The maximum atomic E-state index is 13.4. The molecular weight excluding hydrogens is 289 g/mol. The van der Waals surface area contributed by atoms with Gasteiger partial charge in [0.15, 0.2) is 5.82 Å². The Hall–Kier alpha value is -2.42. The molecule has 6 nitrogen and oxygen atoms in total. The lowest BCUT2D eigenvalue weighted by Gasteiger charge is -2.06. The number of carbonyl (C=O) groups excluding carboxylic acids is 1. The van der Waals surface area contributed by atoms with Crippen LogP contribution in [0.1, 0.15) is 34.0 Å². The molecule has 0 aliphatic heterocycles. The molecule has 2 aromatic rings. The number of halogens is 3. The van der Waals surface area contributed by atoms with Crippen LogP contribution in [-0.2, 0) is 13.2 Å². The molecule has 0 fully saturated rings. The van der Waals surface area contributed by atoms with E-state index >= 15 is 0 Å². The second kappa shape index (κ2) is 6.35. The number of aromatic amines is 1. The van der Waals surface area contributed by atoms with Crippen LogP contribution in [-0.4, -0.2) is 26.2 Å². The third-order valence-electron chi connectivity index (χ3n) is 2.63. The summed E-state index contributed by atoms with van der Waals surface area (Å²) in [4.78, 5) is 15.6. The molecule has 112 valence electrons. The number of nitrogens with zero attached hydrogens (tertiary/aromatic N) is 2. The fourth-order valence-corrected chi connectivity index (χ4v) is 1.60. The predicted molar refractivity (Wildman–Crippen MR) is 64.8 cm³/mol. The second-order valence-corrected chi connectivity index (χ2v) is 4.08. The van der Waals surface area contributed by atoms with Gasteiger partial charge in [-0.3, -0.25) is 9.89 Å². The second-order valence-electron chi connectivity index (χ2n) is 4.08. The lowest BCUT2D eigenvalue weighted by molar-refractivity contribution is 0.0948. The summed E-state index contributed by atoms with van der Waals surface area (Å²) in [5, 5.41) is 17.3. The molecule has 0 bridgehead atoms. The highest BCUT2D eigenvalue weighted by Gasteiger charge is 2.16. The van der Waals surface area contributed by atoms with E-state index < -0.39 is 23.7 Å². The molecule has 0 aliphatic carbocycles. The number of hydrogen-bond donors (Lipinski definition) is 3. The van der Waals surface area contributed by atoms with E-state index in [4.69, 9.17) is 5.11 Å². The zero-order valence-electron chi connectivity index (χ0n) is 10.6. The van der Waals surface area contributed by atoms with Crippen LogP contribution in [0.4, 0.5) is 13.2 Å². The van der Waals surface area contributed by atoms with Gasteiger partial charge >= 0.3 is 0 Å². The van der Waals surface area contributed by atoms with Crippen LogP contribution in [0, 0.1) is 5.82 Å². The molecule has 0 spiro atoms. The summed E-state index contributed by atoms with van der Waals surface area (Å²) in [5.74, 6) is -1.31. The van der Waals surface area contributed by atoms with Gasteiger partial charge in [-0.05, 0) is 18.2 Å². The van der Waals surface area contributed by atoms with Crippen LogP contribution in [0.2, 0.25) is 0 Å². The Bertz CT molecular complexity index is 645. The molecule has 0 unspecified atom stereocenters. The van der Waals surface area contributed by atoms with Crippen molar-refractivity contribution in [1.82, 2.24) is 20.5 Å². The molecule has 2 rings (SSSR count). The first-order valence-electron chi connectivity index (χ1n) is 5.88. The summed E-state index contributed by atoms with van der Waals surface area (Å²) in [6.45, 7) is -0.366. The number of benzene rings is 1. The minimum absolute atomic E-state index is 0.0238. The maximum Gasteiger partial charge on any atom is 0.266 e. The first kappa shape index (κ1) is 15.0. The molecule has 3 N–H and O–H groups in total. The lowest BCUT2D eigenvalue weighted by Crippen LogP contribution is -2.23. The van der Waals surface area contributed by atoms with E-state index in [1.165, 1.54) is 0 Å². The quantitative estimate of drug-likeness (QED) is 0.776. The largest absolute Gasteiger partial charge is 0.388 e. The van der Waals surface area contributed by atoms with E-state index in [1.807, 2.05) is 0 Å². The number of rotatable bonds is 5. The molecule has 1 aromatic carbocycles. The maximum absolute atomic E-state index is 13.4. The van der Waals surface area contributed by atoms with E-state index in [0.717, 1.165) is 18.2 Å². The van der Waals surface area contributed by atoms with E-state index in [1.54, 1.807) is 0 Å². The van der Waals surface area contributed by atoms with Gasteiger partial charge in [-0.25, -0.2) is 18.2 Å². The SMILES string of the molecule is O=C(NCc1nc(CO)n[nH]1)c1ccc(C(F)F)c(F)c1. The number of nitrogens with one attached hydrogen (secondary N) is 2. The van der Waals surface area contributed by atoms with E-state index in [0.29, 0.717) is 5.82 Å². The van der Waals surface area contributed by atoms with Crippen molar-refractivity contribution in [2.45, 2.75) is 19.6 Å². The Morgan fingerprint density at radius 3 is 2.76 bits per heavy atom. The number of alkyl halides is 2. The van der Waals surface area contributed by atoms with Gasteiger partial charge in [-0.15, -0.1) is 0 Å². The third kappa shape index (κ3) is 3.57. The predicted octanol–water partition coefficient (Wildman–Crippen LogP) is 1.30. The summed E-state index contributed by atoms with van der Waals surface area (Å²) in [6.07, 6.45) is -2.94. The molecule has 0 aliphatic rings. The Morgan fingerprint density at radius 1 is 1.43 bits per heavy atom. The normalized spacial score (nSPS) is 10.9. The summed E-state index contributed by atoms with van der Waals surface area (Å²) in [7, 11) is 0. The molecule has 9 heteroatoms. The fraction of sp³-hybridized carbons (Fsp3) is 0.250. The average Bonchev–Trinajstić information content (AvgIpc) is 2.92. The van der Waals surface area contributed by atoms with Crippen molar-refractivity contribution in [3.63, 3.8) is 0 Å². The molecule has 1 heterocycles. The summed E-state index contributed by atoms with van der Waals surface area (Å²) < 4.78 is 38.1. The molecule has 0 saturated carbocycles. The smallest absolute Gasteiger partial charge is 0.266 e. The minimum Gasteiger partial charge on any atom is -0.388 e. The average molecular weight is 300 g/mol. The van der Waals surface area contributed by atoms with Gasteiger partial charge < -0.3 is 10.4 Å². The standard InChI is InChI=1S/C12H11F3N4O2/c13-8-3-6(1-2-7(8)11(14)15)12(21)16-4-9-17-10(5-20)19-18-9/h1-3,11,20H,4-5H2,(H,16,21)(H,17,18,19). The Balaban J connectivity index is 2.01. The van der Waals surface area contributed by atoms with Crippen molar-refractivity contribution in [3.05, 3.63) is 46.8 Å². The number of carbonyl (C=O) groups is 1. The number of aliphatic hydroxyl groups excluding tert-OH is 1. The van der Waals surface area contributed by atoms with Crippen molar-refractivity contribution in [3.8, 4) is 0 Å². The van der Waals surface area contributed by atoms with Crippen molar-refractivity contribution in [1.29, 1.82) is 0 Å². The Morgan fingerprint density at radius 2 is 2.19 bits per heavy atom. The van der Waals surface area contributed by atoms with Crippen LogP contribution in [0.3, 0.4) is 0 Å². The molecule has 0 radical (unpaired) electrons. The van der Waals surface area contributed by atoms with E-state index in [-0.39, 0.29) is 24.5 Å². The van der Waals surface area contributed by atoms with Gasteiger partial charge in [0.1, 0.15) is 18.2 Å². The van der Waals surface area contributed by atoms with E-state index in [2.05, 4.69) is 20.5 Å². The number of hydrogen-bond acceptors (Lipinski definition) is 4. The van der Waals surface area contributed by atoms with E-state index in [9.17, 15) is 18.0 Å². The van der Waals surface area contributed by atoms with Crippen LogP contribution in [0.25, 0.3) is 0 Å². The van der Waals surface area contributed by atoms with Crippen molar-refractivity contribution in [2.75, 3.05) is 0 Å². The molecule has 0 atom stereocenters. The number of aliphatic hydroxyl groups is 1. The topological polar surface area (TPSA) is 90.9 Å². The number of H-pyrrole nitrogens is 1. The first-order chi connectivity index (χ1) is 10.0. The van der Waals surface area contributed by atoms with Crippen LogP contribution < -0.4 is 5.32 Å². The van der Waals surface area contributed by atoms with Crippen molar-refractivity contribution < 1.29 is 23.1 Å². The van der Waals surface area contributed by atoms with Gasteiger partial charge in [0.2, 0.25) is 0 Å². The summed E-state index contributed by atoms with van der Waals surface area (Å²) >= 11 is 0. The highest BCUT2D eigenvalue weighted by Crippen LogP contribution is 2.22. The van der Waals surface area contributed by atoms with Gasteiger partial charge in [-0.1, -0.05) is 0 Å². The molecule has 1 aromatic heterocycles. The van der Waals surface area contributed by atoms with Gasteiger partial charge in [0.25, 0.3) is 12.3 Å². The van der Waals surface area contributed by atoms with Crippen LogP contribution >= 0.6 is 0 Å². The van der Waals surface area contributed by atoms with Gasteiger partial charge in [-0.2, -0.15) is 5.10 Å². The number of aromatic nitrogens is 3. The Labute approximate surface area is 117 Å². The molecule has 21 heavy (non-hydrogen) atoms. The zero-order chi connectivity index (χ0) is 15.4. The first-order valence-corrected chi connectivity index (χ1v) is 5.88. The van der Waals surface area contributed by atoms with Crippen LogP contribution in [0.15, 0.2) is 18.2 Å². The lowest BCUT2D eigenvalue weighted by atomic mass is 10.1. The zero-order valence-corrected chi connectivity index (χ0v) is 10.6. The van der Waals surface area contributed by atoms with Crippen molar-refractivity contribution >= 4 is 5.91 Å². The fourth-order valence-electron chi connectivity index (χ4n) is 1.60. The van der Waals surface area contributed by atoms with Crippen molar-refractivity contribution in [2.24, 2.45) is 0 Å². The van der Waals surface area contributed by atoms with Crippen LogP contribution in [0.5, 0.6) is 0 Å². The molecule has 0 saturated heterocycles. The van der Waals surface area contributed by atoms with Gasteiger partial charge in [0.05, 0.1) is 12.1 Å². The highest BCUT2D eigenvalue weighted by molar-refractivity contribution is 5.94. The summed E-state index contributed by atoms with van der Waals surface area (Å²) in [5.41, 5.74) is -0.840. The highest BCUT2D eigenvalue weighted by atomic mass is 19.3. The summed E-state index contributed by atoms with van der Waals surface area (Å²) in [6, 6.07) is 2.73. The minimum atomic E-state index is -2.94. The van der Waals surface area contributed by atoms with Gasteiger partial charge in [0, 0.05) is 5.56 Å². The number of amides is 1. The molecular formula is C12H11F3N4O2. The Kier molecular flexibility index (Phi) is 4.53. The monoisotopic (exact) mass is 300 g/mol. The third-order valence-corrected chi connectivity index (χ3v) is 2.63.